The zero-order valence-electron chi connectivity index (χ0n) is 19.0. The first kappa shape index (κ1) is 23.3. The molecule has 3 rings (SSSR count). The van der Waals surface area contributed by atoms with Crippen LogP contribution in [0.5, 0.6) is 0 Å². The van der Waals surface area contributed by atoms with E-state index in [1.807, 2.05) is 12.2 Å². The lowest BCUT2D eigenvalue weighted by Crippen LogP contribution is -2.13. The van der Waals surface area contributed by atoms with E-state index in [-0.39, 0.29) is 0 Å². The largest absolute Gasteiger partial charge is 0.376 e. The molecule has 0 heterocycles. The fraction of sp³-hybridized carbons (Fsp3) is 0.400. The molecule has 0 spiro atoms. The lowest BCUT2D eigenvalue weighted by molar-refractivity contribution is 0.125. The molecule has 0 N–H and O–H groups in total. The Bertz CT molecular complexity index is 804. The van der Waals surface area contributed by atoms with Gasteiger partial charge in [-0.1, -0.05) is 72.8 Å². The quantitative estimate of drug-likeness (QED) is 0.253. The molecule has 0 atom stereocenters. The lowest BCUT2D eigenvalue weighted by Gasteiger charge is -2.26. The third kappa shape index (κ3) is 8.34. The molecule has 0 aromatic heterocycles. The van der Waals surface area contributed by atoms with Gasteiger partial charge in [0.1, 0.15) is 0 Å². The van der Waals surface area contributed by atoms with Crippen LogP contribution in [0.15, 0.2) is 79.9 Å². The Kier molecular flexibility index (Phi) is 9.86. The fourth-order valence-corrected chi connectivity index (χ4v) is 4.38. The van der Waals surface area contributed by atoms with Crippen LogP contribution in [0, 0.1) is 11.8 Å². The Labute approximate surface area is 189 Å². The summed E-state index contributed by atoms with van der Waals surface area (Å²) in [5, 5.41) is 0. The maximum absolute atomic E-state index is 5.65. The molecule has 31 heavy (non-hydrogen) atoms. The zero-order valence-corrected chi connectivity index (χ0v) is 19.0. The number of aryl methyl sites for hydroxylation is 1. The van der Waals surface area contributed by atoms with Crippen LogP contribution >= 0.6 is 0 Å². The van der Waals surface area contributed by atoms with Crippen molar-refractivity contribution in [3.8, 4) is 0 Å². The molecule has 1 aliphatic carbocycles. The fourth-order valence-electron chi connectivity index (χ4n) is 4.38. The number of benzene rings is 2. The molecule has 2 aromatic carbocycles. The van der Waals surface area contributed by atoms with Crippen molar-refractivity contribution in [3.05, 3.63) is 102 Å². The molecule has 1 nitrogen and oxygen atoms in total. The van der Waals surface area contributed by atoms with Crippen molar-refractivity contribution in [1.29, 1.82) is 0 Å². The van der Waals surface area contributed by atoms with E-state index in [2.05, 4.69) is 73.8 Å². The first-order valence-electron chi connectivity index (χ1n) is 11.9. The molecule has 1 aliphatic rings. The second-order valence-electron chi connectivity index (χ2n) is 8.86. The van der Waals surface area contributed by atoms with Crippen LogP contribution in [-0.4, -0.2) is 6.61 Å². The Morgan fingerprint density at radius 2 is 1.48 bits per heavy atom. The van der Waals surface area contributed by atoms with Crippen LogP contribution < -0.4 is 0 Å². The van der Waals surface area contributed by atoms with Crippen LogP contribution in [0.3, 0.4) is 0 Å². The predicted octanol–water partition coefficient (Wildman–Crippen LogP) is 7.96. The van der Waals surface area contributed by atoms with Gasteiger partial charge in [-0.3, -0.25) is 0 Å². The molecule has 0 aliphatic heterocycles. The maximum atomic E-state index is 5.65. The number of rotatable bonds is 12. The van der Waals surface area contributed by atoms with Crippen molar-refractivity contribution >= 4 is 6.08 Å². The van der Waals surface area contributed by atoms with Gasteiger partial charge in [0, 0.05) is 0 Å². The SMILES string of the molecule is C=CCCOCc1ccc(CCC2CCC(/C=C/c3ccc(CC=C)cc3)CC2)cc1. The minimum absolute atomic E-state index is 0.699. The van der Waals surface area contributed by atoms with Gasteiger partial charge in [-0.2, -0.15) is 0 Å². The molecule has 0 saturated heterocycles. The normalized spacial score (nSPS) is 18.8. The molecule has 1 heteroatoms. The molecule has 0 amide bonds. The summed E-state index contributed by atoms with van der Waals surface area (Å²) in [5.74, 6) is 1.62. The van der Waals surface area contributed by atoms with Gasteiger partial charge >= 0.3 is 0 Å². The van der Waals surface area contributed by atoms with E-state index >= 15 is 0 Å². The van der Waals surface area contributed by atoms with Crippen molar-refractivity contribution in [2.75, 3.05) is 6.61 Å². The second kappa shape index (κ2) is 13.1. The minimum atomic E-state index is 0.699. The van der Waals surface area contributed by atoms with Crippen LogP contribution in [-0.2, 0) is 24.2 Å². The number of hydrogen-bond acceptors (Lipinski definition) is 1. The predicted molar refractivity (Wildman–Crippen MR) is 134 cm³/mol. The van der Waals surface area contributed by atoms with Gasteiger partial charge in [0.2, 0.25) is 0 Å². The molecule has 0 radical (unpaired) electrons. The monoisotopic (exact) mass is 414 g/mol. The summed E-state index contributed by atoms with van der Waals surface area (Å²) in [6.45, 7) is 8.99. The zero-order chi connectivity index (χ0) is 21.7. The van der Waals surface area contributed by atoms with Gasteiger partial charge in [-0.15, -0.1) is 13.2 Å². The van der Waals surface area contributed by atoms with E-state index in [1.165, 1.54) is 60.8 Å². The van der Waals surface area contributed by atoms with Crippen molar-refractivity contribution in [2.45, 2.75) is 58.0 Å². The van der Waals surface area contributed by atoms with E-state index < -0.39 is 0 Å². The first-order valence-corrected chi connectivity index (χ1v) is 11.9. The Balaban J connectivity index is 1.35. The molecule has 1 saturated carbocycles. The summed E-state index contributed by atoms with van der Waals surface area (Å²) in [7, 11) is 0. The van der Waals surface area contributed by atoms with Gasteiger partial charge in [0.25, 0.3) is 0 Å². The minimum Gasteiger partial charge on any atom is -0.376 e. The van der Waals surface area contributed by atoms with E-state index in [1.54, 1.807) is 0 Å². The van der Waals surface area contributed by atoms with Crippen molar-refractivity contribution < 1.29 is 4.74 Å². The van der Waals surface area contributed by atoms with Gasteiger partial charge in [-0.25, -0.2) is 0 Å². The van der Waals surface area contributed by atoms with Crippen LogP contribution in [0.2, 0.25) is 0 Å². The average molecular weight is 415 g/mol. The number of ether oxygens (including phenoxy) is 1. The first-order chi connectivity index (χ1) is 15.3. The summed E-state index contributed by atoms with van der Waals surface area (Å²) < 4.78 is 5.65. The number of hydrogen-bond donors (Lipinski definition) is 0. The summed E-state index contributed by atoms with van der Waals surface area (Å²) in [5.41, 5.74) is 5.36. The maximum Gasteiger partial charge on any atom is 0.0717 e. The third-order valence-electron chi connectivity index (χ3n) is 6.41. The molecule has 0 bridgehead atoms. The van der Waals surface area contributed by atoms with Gasteiger partial charge < -0.3 is 4.74 Å². The summed E-state index contributed by atoms with van der Waals surface area (Å²) in [4.78, 5) is 0. The highest BCUT2D eigenvalue weighted by molar-refractivity contribution is 5.50. The van der Waals surface area contributed by atoms with Crippen molar-refractivity contribution in [2.24, 2.45) is 11.8 Å². The molecular weight excluding hydrogens is 376 g/mol. The molecule has 1 fully saturated rings. The molecule has 2 aromatic rings. The van der Waals surface area contributed by atoms with E-state index in [0.717, 1.165) is 31.3 Å². The van der Waals surface area contributed by atoms with E-state index in [0.29, 0.717) is 6.61 Å². The van der Waals surface area contributed by atoms with E-state index in [4.69, 9.17) is 4.74 Å². The Morgan fingerprint density at radius 1 is 0.806 bits per heavy atom. The van der Waals surface area contributed by atoms with Gasteiger partial charge in [0.15, 0.2) is 0 Å². The van der Waals surface area contributed by atoms with Crippen molar-refractivity contribution in [3.63, 3.8) is 0 Å². The second-order valence-corrected chi connectivity index (χ2v) is 8.86. The standard InChI is InChI=1S/C30H38O/c1-3-5-23-31-24-30-21-19-29(20-22-30)18-17-28-15-13-27(14-16-28)12-11-26-9-7-25(6-4-2)8-10-26/h3-4,7-12,19-22,27-28H,1-2,5-6,13-18,23-24H2/b12-11+. The number of allylic oxidation sites excluding steroid dienone is 2. The molecule has 164 valence electrons. The highest BCUT2D eigenvalue weighted by Crippen LogP contribution is 2.32. The van der Waals surface area contributed by atoms with Gasteiger partial charge in [-0.05, 0) is 85.5 Å². The third-order valence-corrected chi connectivity index (χ3v) is 6.41. The topological polar surface area (TPSA) is 9.23 Å². The highest BCUT2D eigenvalue weighted by Gasteiger charge is 2.19. The summed E-state index contributed by atoms with van der Waals surface area (Å²) in [6.07, 6.45) is 18.4. The lowest BCUT2D eigenvalue weighted by atomic mass is 9.79. The van der Waals surface area contributed by atoms with Gasteiger partial charge in [0.05, 0.1) is 13.2 Å². The Morgan fingerprint density at radius 3 is 2.16 bits per heavy atom. The van der Waals surface area contributed by atoms with E-state index in [9.17, 15) is 0 Å². The summed E-state index contributed by atoms with van der Waals surface area (Å²) in [6, 6.07) is 17.9. The van der Waals surface area contributed by atoms with Crippen LogP contribution in [0.4, 0.5) is 0 Å². The van der Waals surface area contributed by atoms with Crippen molar-refractivity contribution in [1.82, 2.24) is 0 Å². The average Bonchev–Trinajstić information content (AvgIpc) is 2.82. The molecule has 0 unspecified atom stereocenters. The van der Waals surface area contributed by atoms with Crippen LogP contribution in [0.25, 0.3) is 6.08 Å². The van der Waals surface area contributed by atoms with Crippen LogP contribution in [0.1, 0.15) is 60.8 Å². The summed E-state index contributed by atoms with van der Waals surface area (Å²) >= 11 is 0. The smallest absolute Gasteiger partial charge is 0.0717 e. The highest BCUT2D eigenvalue weighted by atomic mass is 16.5. The Hall–Kier alpha value is -2.38. The molecular formula is C30H38O.